The Morgan fingerprint density at radius 3 is 1.90 bits per heavy atom. The van der Waals surface area contributed by atoms with Gasteiger partial charge in [-0.25, -0.2) is 9.97 Å². The van der Waals surface area contributed by atoms with Gasteiger partial charge >= 0.3 is 0 Å². The maximum Gasteiger partial charge on any atom is 0.166 e. The molecule has 0 fully saturated rings. The average molecular weight is 535 g/mol. The van der Waals surface area contributed by atoms with Gasteiger partial charge in [0.1, 0.15) is 11.3 Å². The number of nitrogens with zero attached hydrogens (tertiary/aromatic N) is 4. The fourth-order valence-electron chi connectivity index (χ4n) is 7.11. The van der Waals surface area contributed by atoms with E-state index in [9.17, 15) is 0 Å². The molecule has 0 unspecified atom stereocenters. The van der Waals surface area contributed by atoms with Crippen LogP contribution in [0.5, 0.6) is 0 Å². The normalized spacial score (nSPS) is 12.3. The standard InChI is InChI=1S/C38H22N4/c1-2-12-23(13-3-1)35-37(40-30-19-9-8-18-29(30)39-35)42-32-21-11-7-17-27(32)34-28-22-24-14-4-5-15-25(24)33-26-16-6-10-20-31(26)41(36(28)33)38(34)42/h1-22H. The Morgan fingerprint density at radius 1 is 0.476 bits per heavy atom. The van der Waals surface area contributed by atoms with Crippen LogP contribution < -0.4 is 0 Å². The molecule has 0 aliphatic heterocycles. The van der Waals surface area contributed by atoms with E-state index in [0.717, 1.165) is 39.3 Å². The lowest BCUT2D eigenvalue weighted by Crippen LogP contribution is -2.05. The minimum atomic E-state index is 0.834. The van der Waals surface area contributed by atoms with Crippen molar-refractivity contribution in [1.29, 1.82) is 0 Å². The summed E-state index contributed by atoms with van der Waals surface area (Å²) in [5.74, 6) is 0.834. The third-order valence-corrected chi connectivity index (χ3v) is 8.80. The summed E-state index contributed by atoms with van der Waals surface area (Å²) in [5, 5.41) is 8.83. The number of hydrogen-bond donors (Lipinski definition) is 0. The molecule has 10 rings (SSSR count). The zero-order valence-corrected chi connectivity index (χ0v) is 22.5. The molecule has 0 bridgehead atoms. The average Bonchev–Trinajstić information content (AvgIpc) is 3.68. The first-order valence-electron chi connectivity index (χ1n) is 14.3. The van der Waals surface area contributed by atoms with Crippen LogP contribution in [0.15, 0.2) is 133 Å². The van der Waals surface area contributed by atoms with E-state index in [-0.39, 0.29) is 0 Å². The highest BCUT2D eigenvalue weighted by molar-refractivity contribution is 6.34. The number of para-hydroxylation sites is 4. The van der Waals surface area contributed by atoms with Crippen molar-refractivity contribution in [3.63, 3.8) is 0 Å². The SMILES string of the molecule is c1ccc(-c2nc3ccccc3nc2-n2c3ccccc3c3c4cc5ccccc5c5c6ccccc6n(c45)c32)cc1. The molecule has 4 heteroatoms. The molecule has 0 saturated carbocycles. The van der Waals surface area contributed by atoms with Gasteiger partial charge in [-0.05, 0) is 41.1 Å². The summed E-state index contributed by atoms with van der Waals surface area (Å²) in [6, 6.07) is 47.2. The van der Waals surface area contributed by atoms with Crippen LogP contribution in [0.2, 0.25) is 0 Å². The van der Waals surface area contributed by atoms with Gasteiger partial charge in [0.05, 0.1) is 27.6 Å². The van der Waals surface area contributed by atoms with Gasteiger partial charge in [0.2, 0.25) is 0 Å². The van der Waals surface area contributed by atoms with Gasteiger partial charge < -0.3 is 0 Å². The molecule has 0 atom stereocenters. The van der Waals surface area contributed by atoms with Crippen molar-refractivity contribution in [3.8, 4) is 17.1 Å². The van der Waals surface area contributed by atoms with Crippen LogP contribution in [-0.4, -0.2) is 18.9 Å². The predicted octanol–water partition coefficient (Wildman–Crippen LogP) is 9.54. The molecule has 194 valence electrons. The first-order valence-corrected chi connectivity index (χ1v) is 14.3. The summed E-state index contributed by atoms with van der Waals surface area (Å²) < 4.78 is 4.82. The fraction of sp³-hybridized carbons (Fsp3) is 0. The van der Waals surface area contributed by atoms with Crippen LogP contribution in [0.25, 0.3) is 88.0 Å². The van der Waals surface area contributed by atoms with E-state index in [1.54, 1.807) is 0 Å². The lowest BCUT2D eigenvalue weighted by Gasteiger charge is -2.13. The minimum absolute atomic E-state index is 0.834. The Morgan fingerprint density at radius 2 is 1.10 bits per heavy atom. The molecular weight excluding hydrogens is 512 g/mol. The summed E-state index contributed by atoms with van der Waals surface area (Å²) in [4.78, 5) is 10.6. The van der Waals surface area contributed by atoms with E-state index in [1.165, 1.54) is 48.7 Å². The molecule has 0 radical (unpaired) electrons. The second-order valence-corrected chi connectivity index (χ2v) is 11.0. The van der Waals surface area contributed by atoms with E-state index in [2.05, 4.69) is 118 Å². The van der Waals surface area contributed by atoms with Crippen molar-refractivity contribution in [2.75, 3.05) is 0 Å². The van der Waals surface area contributed by atoms with Gasteiger partial charge in [0.15, 0.2) is 5.82 Å². The highest BCUT2D eigenvalue weighted by Gasteiger charge is 2.27. The van der Waals surface area contributed by atoms with Gasteiger partial charge in [-0.2, -0.15) is 0 Å². The molecule has 0 aliphatic carbocycles. The third-order valence-electron chi connectivity index (χ3n) is 8.80. The van der Waals surface area contributed by atoms with Crippen molar-refractivity contribution in [3.05, 3.63) is 133 Å². The number of fused-ring (bicyclic) bond motifs is 11. The monoisotopic (exact) mass is 534 g/mol. The minimum Gasteiger partial charge on any atom is -0.294 e. The first kappa shape index (κ1) is 22.0. The van der Waals surface area contributed by atoms with Gasteiger partial charge in [0.25, 0.3) is 0 Å². The zero-order valence-electron chi connectivity index (χ0n) is 22.5. The van der Waals surface area contributed by atoms with Gasteiger partial charge in [-0.1, -0.05) is 103 Å². The molecule has 0 saturated heterocycles. The van der Waals surface area contributed by atoms with Crippen molar-refractivity contribution >= 4 is 70.9 Å². The summed E-state index contributed by atoms with van der Waals surface area (Å²) >= 11 is 0. The second-order valence-electron chi connectivity index (χ2n) is 11.0. The Labute approximate surface area is 240 Å². The van der Waals surface area contributed by atoms with Crippen LogP contribution >= 0.6 is 0 Å². The highest BCUT2D eigenvalue weighted by atomic mass is 15.2. The molecule has 10 aromatic rings. The van der Waals surface area contributed by atoms with Gasteiger partial charge in [0, 0.05) is 32.5 Å². The largest absolute Gasteiger partial charge is 0.294 e. The van der Waals surface area contributed by atoms with E-state index in [1.807, 2.05) is 24.3 Å². The number of hydrogen-bond acceptors (Lipinski definition) is 2. The Kier molecular flexibility index (Phi) is 4.15. The lowest BCUT2D eigenvalue weighted by molar-refractivity contribution is 1.05. The highest BCUT2D eigenvalue weighted by Crippen LogP contribution is 2.47. The Hall–Kier alpha value is -5.74. The Bertz CT molecular complexity index is 2680. The van der Waals surface area contributed by atoms with Crippen molar-refractivity contribution < 1.29 is 0 Å². The maximum absolute atomic E-state index is 5.36. The van der Waals surface area contributed by atoms with Crippen LogP contribution in [0.3, 0.4) is 0 Å². The molecule has 0 amide bonds. The molecule has 0 spiro atoms. The summed E-state index contributed by atoms with van der Waals surface area (Å²) in [7, 11) is 0. The number of aromatic nitrogens is 4. The topological polar surface area (TPSA) is 35.1 Å². The van der Waals surface area contributed by atoms with Crippen molar-refractivity contribution in [1.82, 2.24) is 18.9 Å². The van der Waals surface area contributed by atoms with Crippen molar-refractivity contribution in [2.45, 2.75) is 0 Å². The molecule has 4 heterocycles. The summed E-state index contributed by atoms with van der Waals surface area (Å²) in [5.41, 5.74) is 8.37. The van der Waals surface area contributed by atoms with E-state index in [0.29, 0.717) is 0 Å². The Balaban J connectivity index is 1.51. The fourth-order valence-corrected chi connectivity index (χ4v) is 7.11. The van der Waals surface area contributed by atoms with E-state index < -0.39 is 0 Å². The van der Waals surface area contributed by atoms with Crippen LogP contribution in [0, 0.1) is 0 Å². The van der Waals surface area contributed by atoms with Crippen LogP contribution in [-0.2, 0) is 0 Å². The van der Waals surface area contributed by atoms with Gasteiger partial charge in [-0.15, -0.1) is 0 Å². The molecular formula is C38H22N4. The van der Waals surface area contributed by atoms with E-state index >= 15 is 0 Å². The van der Waals surface area contributed by atoms with Crippen molar-refractivity contribution in [2.24, 2.45) is 0 Å². The number of benzene rings is 6. The predicted molar refractivity (Wildman–Crippen MR) is 174 cm³/mol. The molecule has 4 aromatic heterocycles. The molecule has 0 N–H and O–H groups in total. The zero-order chi connectivity index (χ0) is 27.4. The third kappa shape index (κ3) is 2.71. The smallest absolute Gasteiger partial charge is 0.166 e. The van der Waals surface area contributed by atoms with Gasteiger partial charge in [-0.3, -0.25) is 8.97 Å². The second kappa shape index (κ2) is 7.93. The summed E-state index contributed by atoms with van der Waals surface area (Å²) in [6.07, 6.45) is 0. The maximum atomic E-state index is 5.36. The van der Waals surface area contributed by atoms with E-state index in [4.69, 9.17) is 9.97 Å². The lowest BCUT2D eigenvalue weighted by atomic mass is 10.00. The van der Waals surface area contributed by atoms with Crippen LogP contribution in [0.1, 0.15) is 0 Å². The molecule has 4 nitrogen and oxygen atoms in total. The van der Waals surface area contributed by atoms with Crippen LogP contribution in [0.4, 0.5) is 0 Å². The molecule has 6 aromatic carbocycles. The molecule has 0 aliphatic rings. The molecule has 42 heavy (non-hydrogen) atoms. The number of rotatable bonds is 2. The quantitative estimate of drug-likeness (QED) is 0.221. The summed E-state index contributed by atoms with van der Waals surface area (Å²) in [6.45, 7) is 0. The first-order chi connectivity index (χ1) is 20.9.